The molecule has 0 N–H and O–H groups in total. The Labute approximate surface area is 188 Å². The molecule has 0 amide bonds. The Hall–Kier alpha value is -4.10. The summed E-state index contributed by atoms with van der Waals surface area (Å²) in [6.45, 7) is 2.20. The summed E-state index contributed by atoms with van der Waals surface area (Å²) in [7, 11) is 0. The first kappa shape index (κ1) is 18.7. The zero-order valence-corrected chi connectivity index (χ0v) is 18.0. The van der Waals surface area contributed by atoms with Crippen molar-refractivity contribution in [2.45, 2.75) is 6.92 Å². The third kappa shape index (κ3) is 2.94. The monoisotopic (exact) mass is 409 g/mol. The summed E-state index contributed by atoms with van der Waals surface area (Å²) < 4.78 is 2.38. The van der Waals surface area contributed by atoms with Gasteiger partial charge in [0.2, 0.25) is 0 Å². The molecule has 0 aliphatic carbocycles. The quantitative estimate of drug-likeness (QED) is 0.276. The van der Waals surface area contributed by atoms with Gasteiger partial charge in [-0.3, -0.25) is 0 Å². The zero-order chi connectivity index (χ0) is 21.5. The minimum atomic E-state index is 1.18. The van der Waals surface area contributed by atoms with Crippen LogP contribution >= 0.6 is 0 Å². The fourth-order valence-corrected chi connectivity index (χ4v) is 4.89. The number of rotatable bonds is 3. The second kappa shape index (κ2) is 7.55. The first-order valence-corrected chi connectivity index (χ1v) is 11.1. The standard InChI is InChI=1S/C31H23N/c1-22-11-10-17-26(31(22)23-12-4-2-5-13-23)24-19-20-28-27-16-8-9-18-29(27)32(30(28)21-24)25-14-6-3-7-15-25/h2-21H,1H3. The van der Waals surface area contributed by atoms with Gasteiger partial charge in [0.15, 0.2) is 0 Å². The van der Waals surface area contributed by atoms with Crippen LogP contribution in [0.3, 0.4) is 0 Å². The average molecular weight is 410 g/mol. The topological polar surface area (TPSA) is 4.93 Å². The molecule has 32 heavy (non-hydrogen) atoms. The van der Waals surface area contributed by atoms with Crippen LogP contribution in [0, 0.1) is 6.92 Å². The molecule has 0 bridgehead atoms. The van der Waals surface area contributed by atoms with Crippen molar-refractivity contribution in [3.05, 3.63) is 127 Å². The number of hydrogen-bond donors (Lipinski definition) is 0. The van der Waals surface area contributed by atoms with Gasteiger partial charge in [0.05, 0.1) is 11.0 Å². The minimum Gasteiger partial charge on any atom is -0.309 e. The van der Waals surface area contributed by atoms with Gasteiger partial charge in [-0.25, -0.2) is 0 Å². The number of hydrogen-bond acceptors (Lipinski definition) is 0. The van der Waals surface area contributed by atoms with Gasteiger partial charge >= 0.3 is 0 Å². The van der Waals surface area contributed by atoms with E-state index in [0.717, 1.165) is 0 Å². The summed E-state index contributed by atoms with van der Waals surface area (Å²) in [4.78, 5) is 0. The maximum absolute atomic E-state index is 2.38. The van der Waals surface area contributed by atoms with Crippen molar-refractivity contribution < 1.29 is 0 Å². The van der Waals surface area contributed by atoms with Crippen LogP contribution in [0.2, 0.25) is 0 Å². The highest BCUT2D eigenvalue weighted by Gasteiger charge is 2.15. The summed E-state index contributed by atoms with van der Waals surface area (Å²) in [5, 5.41) is 2.56. The number of benzene rings is 5. The van der Waals surface area contributed by atoms with Gasteiger partial charge in [-0.15, -0.1) is 0 Å². The van der Waals surface area contributed by atoms with Gasteiger partial charge in [-0.1, -0.05) is 97.1 Å². The highest BCUT2D eigenvalue weighted by molar-refractivity contribution is 6.10. The molecule has 0 atom stereocenters. The van der Waals surface area contributed by atoms with Crippen LogP contribution in [0.4, 0.5) is 0 Å². The fraction of sp³-hybridized carbons (Fsp3) is 0.0323. The predicted octanol–water partition coefficient (Wildman–Crippen LogP) is 8.43. The van der Waals surface area contributed by atoms with E-state index in [1.165, 1.54) is 55.3 Å². The molecule has 0 aliphatic heterocycles. The van der Waals surface area contributed by atoms with E-state index in [1.807, 2.05) is 0 Å². The molecule has 1 aromatic heterocycles. The van der Waals surface area contributed by atoms with E-state index in [0.29, 0.717) is 0 Å². The molecule has 0 saturated carbocycles. The first-order valence-electron chi connectivity index (χ1n) is 11.1. The summed E-state index contributed by atoms with van der Waals surface area (Å²) in [6, 6.07) is 43.5. The summed E-state index contributed by atoms with van der Waals surface area (Å²) in [5.74, 6) is 0. The van der Waals surface area contributed by atoms with E-state index < -0.39 is 0 Å². The largest absolute Gasteiger partial charge is 0.309 e. The van der Waals surface area contributed by atoms with Crippen LogP contribution in [0.1, 0.15) is 5.56 Å². The molecule has 0 spiro atoms. The van der Waals surface area contributed by atoms with E-state index in [-0.39, 0.29) is 0 Å². The van der Waals surface area contributed by atoms with Gasteiger partial charge in [0.25, 0.3) is 0 Å². The lowest BCUT2D eigenvalue weighted by Gasteiger charge is -2.14. The molecular formula is C31H23N. The Balaban J connectivity index is 1.66. The number of para-hydroxylation sites is 2. The van der Waals surface area contributed by atoms with Gasteiger partial charge in [-0.05, 0) is 59.0 Å². The Morgan fingerprint density at radius 2 is 1.19 bits per heavy atom. The van der Waals surface area contributed by atoms with E-state index in [1.54, 1.807) is 0 Å². The number of nitrogens with zero attached hydrogens (tertiary/aromatic N) is 1. The summed E-state index contributed by atoms with van der Waals surface area (Å²) in [5.41, 5.74) is 10.00. The Kier molecular flexibility index (Phi) is 4.40. The highest BCUT2D eigenvalue weighted by atomic mass is 15.0. The van der Waals surface area contributed by atoms with Crippen LogP contribution in [0.25, 0.3) is 49.7 Å². The molecule has 0 aliphatic rings. The van der Waals surface area contributed by atoms with E-state index in [9.17, 15) is 0 Å². The van der Waals surface area contributed by atoms with Crippen molar-refractivity contribution >= 4 is 21.8 Å². The lowest BCUT2D eigenvalue weighted by atomic mass is 9.91. The normalized spacial score (nSPS) is 11.3. The maximum atomic E-state index is 2.38. The SMILES string of the molecule is Cc1cccc(-c2ccc3c4ccccc4n(-c4ccccc4)c3c2)c1-c1ccccc1. The van der Waals surface area contributed by atoms with Gasteiger partial charge in [-0.2, -0.15) is 0 Å². The second-order valence-electron chi connectivity index (χ2n) is 8.28. The van der Waals surface area contributed by atoms with Crippen LogP contribution in [0.5, 0.6) is 0 Å². The van der Waals surface area contributed by atoms with Crippen LogP contribution in [-0.2, 0) is 0 Å². The van der Waals surface area contributed by atoms with Crippen molar-refractivity contribution in [3.8, 4) is 27.9 Å². The number of aryl methyl sites for hydroxylation is 1. The fourth-order valence-electron chi connectivity index (χ4n) is 4.89. The molecular weight excluding hydrogens is 386 g/mol. The molecule has 1 heterocycles. The molecule has 152 valence electrons. The average Bonchev–Trinajstić information content (AvgIpc) is 3.18. The van der Waals surface area contributed by atoms with Crippen molar-refractivity contribution in [2.75, 3.05) is 0 Å². The molecule has 5 aromatic carbocycles. The Bertz CT molecular complexity index is 1560. The summed E-state index contributed by atoms with van der Waals surface area (Å²) >= 11 is 0. The highest BCUT2D eigenvalue weighted by Crippen LogP contribution is 2.38. The van der Waals surface area contributed by atoms with E-state index >= 15 is 0 Å². The van der Waals surface area contributed by atoms with Crippen molar-refractivity contribution in [1.29, 1.82) is 0 Å². The third-order valence-electron chi connectivity index (χ3n) is 6.33. The Morgan fingerprint density at radius 3 is 2.00 bits per heavy atom. The first-order chi connectivity index (χ1) is 15.8. The van der Waals surface area contributed by atoms with Crippen molar-refractivity contribution in [1.82, 2.24) is 4.57 Å². The van der Waals surface area contributed by atoms with Gasteiger partial charge < -0.3 is 4.57 Å². The third-order valence-corrected chi connectivity index (χ3v) is 6.33. The maximum Gasteiger partial charge on any atom is 0.0547 e. The Morgan fingerprint density at radius 1 is 0.500 bits per heavy atom. The molecule has 1 heteroatoms. The minimum absolute atomic E-state index is 1.18. The molecule has 0 unspecified atom stereocenters. The molecule has 6 aromatic rings. The second-order valence-corrected chi connectivity index (χ2v) is 8.28. The molecule has 0 saturated heterocycles. The van der Waals surface area contributed by atoms with Crippen LogP contribution < -0.4 is 0 Å². The van der Waals surface area contributed by atoms with E-state index in [4.69, 9.17) is 0 Å². The van der Waals surface area contributed by atoms with Crippen LogP contribution in [-0.4, -0.2) is 4.57 Å². The molecule has 6 rings (SSSR count). The molecule has 0 fully saturated rings. The lowest BCUT2D eigenvalue weighted by Crippen LogP contribution is -1.94. The number of fused-ring (bicyclic) bond motifs is 3. The van der Waals surface area contributed by atoms with E-state index in [2.05, 4.69) is 133 Å². The lowest BCUT2D eigenvalue weighted by molar-refractivity contribution is 1.18. The summed E-state index contributed by atoms with van der Waals surface area (Å²) in [6.07, 6.45) is 0. The molecule has 0 radical (unpaired) electrons. The van der Waals surface area contributed by atoms with Crippen molar-refractivity contribution in [2.24, 2.45) is 0 Å². The van der Waals surface area contributed by atoms with Gasteiger partial charge in [0.1, 0.15) is 0 Å². The zero-order valence-electron chi connectivity index (χ0n) is 18.0. The van der Waals surface area contributed by atoms with Gasteiger partial charge in [0, 0.05) is 16.5 Å². The number of aromatic nitrogens is 1. The predicted molar refractivity (Wildman–Crippen MR) is 136 cm³/mol. The van der Waals surface area contributed by atoms with Crippen molar-refractivity contribution in [3.63, 3.8) is 0 Å². The van der Waals surface area contributed by atoms with Crippen LogP contribution in [0.15, 0.2) is 121 Å². The molecule has 1 nitrogen and oxygen atoms in total. The smallest absolute Gasteiger partial charge is 0.0547 e.